The molecule has 2 heterocycles. The number of ether oxygens (including phenoxy) is 1. The number of rotatable bonds is 4. The van der Waals surface area contributed by atoms with E-state index in [4.69, 9.17) is 4.74 Å². The number of nitrogens with zero attached hydrogens (tertiary/aromatic N) is 1. The van der Waals surface area contributed by atoms with Crippen LogP contribution < -0.4 is 0 Å². The van der Waals surface area contributed by atoms with Gasteiger partial charge in [-0.3, -0.25) is 4.79 Å². The van der Waals surface area contributed by atoms with E-state index >= 15 is 0 Å². The highest BCUT2D eigenvalue weighted by atomic mass is 16.5. The molecule has 1 aliphatic heterocycles. The lowest BCUT2D eigenvalue weighted by Crippen LogP contribution is -2.44. The van der Waals surface area contributed by atoms with Crippen LogP contribution in [-0.4, -0.2) is 35.5 Å². The molecule has 136 valence electrons. The number of hydrogen-bond acceptors (Lipinski definition) is 2. The van der Waals surface area contributed by atoms with Gasteiger partial charge in [-0.25, -0.2) is 0 Å². The number of benzene rings is 1. The summed E-state index contributed by atoms with van der Waals surface area (Å²) in [6.07, 6.45) is 8.52. The van der Waals surface area contributed by atoms with Crippen LogP contribution in [0, 0.1) is 6.92 Å². The average Bonchev–Trinajstić information content (AvgIpc) is 3.28. The molecule has 1 unspecified atom stereocenters. The minimum absolute atomic E-state index is 0.127. The smallest absolute Gasteiger partial charge is 0.255 e. The average molecular weight is 350 g/mol. The first-order valence-electron chi connectivity index (χ1n) is 9.38. The summed E-state index contributed by atoms with van der Waals surface area (Å²) in [5.41, 5.74) is 4.92. The van der Waals surface area contributed by atoms with Crippen molar-refractivity contribution >= 4 is 5.91 Å². The van der Waals surface area contributed by atoms with Crippen molar-refractivity contribution < 1.29 is 9.53 Å². The fraction of sp³-hybridized carbons (Fsp3) is 0.409. The molecule has 1 atom stereocenters. The van der Waals surface area contributed by atoms with E-state index in [0.29, 0.717) is 6.61 Å². The number of aryl methyl sites for hydroxylation is 1. The number of hydrogen-bond donors (Lipinski definition) is 1. The van der Waals surface area contributed by atoms with Crippen molar-refractivity contribution in [3.8, 4) is 0 Å². The predicted molar refractivity (Wildman–Crippen MR) is 102 cm³/mol. The van der Waals surface area contributed by atoms with E-state index in [2.05, 4.69) is 36.7 Å². The second-order valence-corrected chi connectivity index (χ2v) is 7.58. The van der Waals surface area contributed by atoms with E-state index in [-0.39, 0.29) is 17.4 Å². The predicted octanol–water partition coefficient (Wildman–Crippen LogP) is 4.14. The molecule has 1 N–H and O–H groups in total. The maximum atomic E-state index is 12.6. The maximum absolute atomic E-state index is 12.6. The number of carbonyl (C=O) groups is 1. The highest BCUT2D eigenvalue weighted by Crippen LogP contribution is 2.52. The third kappa shape index (κ3) is 2.88. The number of carbonyl (C=O) groups excluding carboxylic acids is 1. The second-order valence-electron chi connectivity index (χ2n) is 7.58. The molecule has 4 rings (SSSR count). The van der Waals surface area contributed by atoms with E-state index in [9.17, 15) is 4.79 Å². The standard InChI is InChI=1S/C22H26N2O2/c1-3-12-26-20-14-22(19-13-16(2)4-5-18(19)20)7-10-24(11-8-22)21(25)17-6-9-23-15-17/h3-6,9,13,15,20,23H,1,7-8,10-12,14H2,2H3. The number of nitrogens with one attached hydrogen (secondary N) is 1. The van der Waals surface area contributed by atoms with E-state index in [0.717, 1.165) is 37.9 Å². The molecule has 2 aliphatic rings. The number of likely N-dealkylation sites (tertiary alicyclic amines) is 1. The number of H-pyrrole nitrogens is 1. The minimum atomic E-state index is 0.127. The highest BCUT2D eigenvalue weighted by molar-refractivity contribution is 5.94. The zero-order chi connectivity index (χ0) is 18.1. The molecule has 4 heteroatoms. The van der Waals surface area contributed by atoms with Gasteiger partial charge in [0.2, 0.25) is 0 Å². The Morgan fingerprint density at radius 3 is 2.88 bits per heavy atom. The molecule has 1 aliphatic carbocycles. The molecule has 1 spiro atoms. The summed E-state index contributed by atoms with van der Waals surface area (Å²) in [7, 11) is 0. The Balaban J connectivity index is 1.55. The van der Waals surface area contributed by atoms with Gasteiger partial charge in [-0.15, -0.1) is 6.58 Å². The van der Waals surface area contributed by atoms with Crippen LogP contribution in [0.2, 0.25) is 0 Å². The van der Waals surface area contributed by atoms with Crippen LogP contribution in [-0.2, 0) is 10.2 Å². The van der Waals surface area contributed by atoms with Gasteiger partial charge >= 0.3 is 0 Å². The Morgan fingerprint density at radius 1 is 1.38 bits per heavy atom. The molecule has 1 saturated heterocycles. The van der Waals surface area contributed by atoms with Crippen molar-refractivity contribution in [1.29, 1.82) is 0 Å². The Bertz CT molecular complexity index is 802. The highest BCUT2D eigenvalue weighted by Gasteiger charge is 2.46. The van der Waals surface area contributed by atoms with Crippen LogP contribution in [0.1, 0.15) is 52.4 Å². The molecule has 0 radical (unpaired) electrons. The van der Waals surface area contributed by atoms with Crippen LogP contribution >= 0.6 is 0 Å². The summed E-state index contributed by atoms with van der Waals surface area (Å²) >= 11 is 0. The number of aromatic amines is 1. The lowest BCUT2D eigenvalue weighted by molar-refractivity contribution is 0.0449. The zero-order valence-electron chi connectivity index (χ0n) is 15.3. The van der Waals surface area contributed by atoms with Gasteiger partial charge in [-0.1, -0.05) is 29.8 Å². The molecule has 2 aromatic rings. The van der Waals surface area contributed by atoms with Crippen LogP contribution in [0.3, 0.4) is 0 Å². The molecule has 0 saturated carbocycles. The van der Waals surface area contributed by atoms with Gasteiger partial charge in [0.15, 0.2) is 0 Å². The number of piperidine rings is 1. The van der Waals surface area contributed by atoms with Crippen molar-refractivity contribution in [2.24, 2.45) is 0 Å². The Labute approximate surface area is 154 Å². The minimum Gasteiger partial charge on any atom is -0.369 e. The summed E-state index contributed by atoms with van der Waals surface area (Å²) in [6, 6.07) is 8.58. The molecule has 1 aromatic carbocycles. The second kappa shape index (κ2) is 6.76. The summed E-state index contributed by atoms with van der Waals surface area (Å²) in [4.78, 5) is 17.6. The molecular weight excluding hydrogens is 324 g/mol. The first-order valence-corrected chi connectivity index (χ1v) is 9.38. The van der Waals surface area contributed by atoms with Gasteiger partial charge in [0, 0.05) is 30.9 Å². The van der Waals surface area contributed by atoms with Crippen molar-refractivity contribution in [1.82, 2.24) is 9.88 Å². The summed E-state index contributed by atoms with van der Waals surface area (Å²) in [5, 5.41) is 0. The van der Waals surface area contributed by atoms with Gasteiger partial charge in [0.1, 0.15) is 0 Å². The van der Waals surface area contributed by atoms with E-state index in [1.165, 1.54) is 16.7 Å². The third-order valence-corrected chi connectivity index (χ3v) is 5.97. The maximum Gasteiger partial charge on any atom is 0.255 e. The van der Waals surface area contributed by atoms with Crippen LogP contribution in [0.4, 0.5) is 0 Å². The molecule has 26 heavy (non-hydrogen) atoms. The van der Waals surface area contributed by atoms with Crippen LogP contribution in [0.15, 0.2) is 49.3 Å². The van der Waals surface area contributed by atoms with Gasteiger partial charge in [0.25, 0.3) is 5.91 Å². The number of fused-ring (bicyclic) bond motifs is 2. The topological polar surface area (TPSA) is 45.3 Å². The van der Waals surface area contributed by atoms with Crippen molar-refractivity contribution in [3.05, 3.63) is 71.6 Å². The first-order chi connectivity index (χ1) is 12.6. The third-order valence-electron chi connectivity index (χ3n) is 5.97. The lowest BCUT2D eigenvalue weighted by atomic mass is 9.73. The molecular formula is C22H26N2O2. The molecule has 1 amide bonds. The zero-order valence-corrected chi connectivity index (χ0v) is 15.3. The quantitative estimate of drug-likeness (QED) is 0.842. The summed E-state index contributed by atoms with van der Waals surface area (Å²) < 4.78 is 6.08. The Hall–Kier alpha value is -2.33. The summed E-state index contributed by atoms with van der Waals surface area (Å²) in [6.45, 7) is 8.10. The number of amides is 1. The van der Waals surface area contributed by atoms with Gasteiger partial charge in [-0.2, -0.15) is 0 Å². The molecule has 0 bridgehead atoms. The fourth-order valence-electron chi connectivity index (χ4n) is 4.57. The molecule has 4 nitrogen and oxygen atoms in total. The lowest BCUT2D eigenvalue weighted by Gasteiger charge is -2.40. The normalized spacial score (nSPS) is 21.0. The van der Waals surface area contributed by atoms with Crippen molar-refractivity contribution in [2.75, 3.05) is 19.7 Å². The first kappa shape index (κ1) is 17.1. The van der Waals surface area contributed by atoms with Crippen LogP contribution in [0.25, 0.3) is 0 Å². The van der Waals surface area contributed by atoms with Crippen LogP contribution in [0.5, 0.6) is 0 Å². The van der Waals surface area contributed by atoms with Gasteiger partial charge in [-0.05, 0) is 43.4 Å². The fourth-order valence-corrected chi connectivity index (χ4v) is 4.57. The van der Waals surface area contributed by atoms with Gasteiger partial charge in [0.05, 0.1) is 18.3 Å². The molecule has 1 aromatic heterocycles. The SMILES string of the molecule is C=CCOC1CC2(CCN(C(=O)c3cc[nH]c3)CC2)c2cc(C)ccc21. The monoisotopic (exact) mass is 350 g/mol. The van der Waals surface area contributed by atoms with Crippen molar-refractivity contribution in [3.63, 3.8) is 0 Å². The van der Waals surface area contributed by atoms with E-state index in [1.807, 2.05) is 17.0 Å². The van der Waals surface area contributed by atoms with Crippen molar-refractivity contribution in [2.45, 2.75) is 37.7 Å². The Kier molecular flexibility index (Phi) is 4.45. The number of aromatic nitrogens is 1. The van der Waals surface area contributed by atoms with E-state index in [1.54, 1.807) is 12.4 Å². The van der Waals surface area contributed by atoms with E-state index < -0.39 is 0 Å². The Morgan fingerprint density at radius 2 is 2.19 bits per heavy atom. The molecule has 1 fully saturated rings. The van der Waals surface area contributed by atoms with Gasteiger partial charge < -0.3 is 14.6 Å². The largest absolute Gasteiger partial charge is 0.369 e. The summed E-state index contributed by atoms with van der Waals surface area (Å²) in [5.74, 6) is 0.128.